The van der Waals surface area contributed by atoms with E-state index in [2.05, 4.69) is 10.4 Å². The Morgan fingerprint density at radius 3 is 3.05 bits per heavy atom. The van der Waals surface area contributed by atoms with Crippen molar-refractivity contribution < 1.29 is 4.74 Å². The summed E-state index contributed by atoms with van der Waals surface area (Å²) in [5.41, 5.74) is 8.63. The lowest BCUT2D eigenvalue weighted by molar-refractivity contribution is 0.415. The van der Waals surface area contributed by atoms with Gasteiger partial charge in [0.05, 0.1) is 12.8 Å². The van der Waals surface area contributed by atoms with Gasteiger partial charge < -0.3 is 15.8 Å². The summed E-state index contributed by atoms with van der Waals surface area (Å²) in [5.74, 6) is 1.56. The quantitative estimate of drug-likeness (QED) is 0.582. The number of nitrogens with zero attached hydrogens (tertiary/aromatic N) is 2. The largest absolute Gasteiger partial charge is 0.497 e. The fourth-order valence-electron chi connectivity index (χ4n) is 2.68. The highest BCUT2D eigenvalue weighted by Crippen LogP contribution is 2.33. The molecule has 0 aliphatic carbocycles. The smallest absolute Gasteiger partial charge is 0.215 e. The van der Waals surface area contributed by atoms with Crippen molar-refractivity contribution in [3.05, 3.63) is 29.8 Å². The number of fused-ring (bicyclic) bond motifs is 1. The highest BCUT2D eigenvalue weighted by Gasteiger charge is 2.22. The Hall–Kier alpha value is -2.50. The Labute approximate surface area is 123 Å². The lowest BCUT2D eigenvalue weighted by atomic mass is 10.0. The van der Waals surface area contributed by atoms with Crippen LogP contribution in [0.1, 0.15) is 18.4 Å². The van der Waals surface area contributed by atoms with Gasteiger partial charge in [0, 0.05) is 17.7 Å². The van der Waals surface area contributed by atoms with E-state index >= 15 is 0 Å². The summed E-state index contributed by atoms with van der Waals surface area (Å²) in [7, 11) is 1.65. The molecule has 1 aliphatic heterocycles. The molecule has 0 fully saturated rings. The molecule has 1 aliphatic rings. The number of ether oxygens (including phenoxy) is 1. The fourth-order valence-corrected chi connectivity index (χ4v) is 2.68. The third kappa shape index (κ3) is 2.44. The fraction of sp³-hybridized carbons (Fsp3) is 0.333. The van der Waals surface area contributed by atoms with Crippen LogP contribution in [-0.2, 0) is 6.42 Å². The molecular weight excluding hydrogens is 266 g/mol. The number of aromatic nitrogens is 2. The Morgan fingerprint density at radius 1 is 1.43 bits per heavy atom. The van der Waals surface area contributed by atoms with Gasteiger partial charge in [-0.05, 0) is 31.4 Å². The lowest BCUT2D eigenvalue weighted by Crippen LogP contribution is -2.24. The van der Waals surface area contributed by atoms with E-state index in [0.29, 0.717) is 0 Å². The van der Waals surface area contributed by atoms with Crippen LogP contribution in [0, 0.1) is 5.41 Å². The third-order valence-corrected chi connectivity index (χ3v) is 3.70. The molecule has 4 N–H and O–H groups in total. The number of hydrogen-bond acceptors (Lipinski definition) is 4. The molecule has 0 radical (unpaired) electrons. The van der Waals surface area contributed by atoms with Gasteiger partial charge in [-0.3, -0.25) is 5.41 Å². The van der Waals surface area contributed by atoms with E-state index in [1.807, 2.05) is 24.3 Å². The average Bonchev–Trinajstić information content (AvgIpc) is 2.69. The third-order valence-electron chi connectivity index (χ3n) is 3.70. The van der Waals surface area contributed by atoms with Crippen LogP contribution in [0.4, 0.5) is 5.82 Å². The molecule has 1 aromatic carbocycles. The van der Waals surface area contributed by atoms with Gasteiger partial charge in [-0.2, -0.15) is 9.78 Å². The number of rotatable bonds is 2. The van der Waals surface area contributed by atoms with Crippen LogP contribution in [-0.4, -0.2) is 29.4 Å². The number of methoxy groups -OCH3 is 1. The maximum absolute atomic E-state index is 7.71. The summed E-state index contributed by atoms with van der Waals surface area (Å²) >= 11 is 0. The van der Waals surface area contributed by atoms with Gasteiger partial charge in [0.1, 0.15) is 11.6 Å². The number of benzene rings is 1. The number of hydrogen-bond donors (Lipinski definition) is 3. The topological polar surface area (TPSA) is 89.0 Å². The average molecular weight is 285 g/mol. The van der Waals surface area contributed by atoms with Gasteiger partial charge in [0.25, 0.3) is 0 Å². The van der Waals surface area contributed by atoms with Gasteiger partial charge in [-0.25, -0.2) is 0 Å². The van der Waals surface area contributed by atoms with Gasteiger partial charge >= 0.3 is 0 Å². The summed E-state index contributed by atoms with van der Waals surface area (Å²) in [6.45, 7) is 0.878. The molecule has 0 bridgehead atoms. The summed E-state index contributed by atoms with van der Waals surface area (Å²) in [4.78, 5) is 0. The number of nitrogens with one attached hydrogen (secondary N) is 2. The van der Waals surface area contributed by atoms with Crippen LogP contribution in [0.2, 0.25) is 0 Å². The second-order valence-corrected chi connectivity index (χ2v) is 5.09. The van der Waals surface area contributed by atoms with Crippen molar-refractivity contribution in [3.63, 3.8) is 0 Å². The van der Waals surface area contributed by atoms with Crippen molar-refractivity contribution in [1.29, 1.82) is 5.41 Å². The predicted octanol–water partition coefficient (Wildman–Crippen LogP) is 2.05. The zero-order valence-corrected chi connectivity index (χ0v) is 12.0. The van der Waals surface area contributed by atoms with Crippen molar-refractivity contribution in [1.82, 2.24) is 9.78 Å². The molecule has 110 valence electrons. The second-order valence-electron chi connectivity index (χ2n) is 5.09. The molecule has 0 amide bonds. The van der Waals surface area contributed by atoms with E-state index in [1.54, 1.807) is 7.11 Å². The zero-order valence-electron chi connectivity index (χ0n) is 12.0. The molecule has 0 saturated heterocycles. The van der Waals surface area contributed by atoms with E-state index in [-0.39, 0.29) is 5.96 Å². The molecule has 0 atom stereocenters. The normalized spacial score (nSPS) is 14.0. The Kier molecular flexibility index (Phi) is 3.51. The molecule has 2 aromatic rings. The minimum absolute atomic E-state index is 0.0743. The van der Waals surface area contributed by atoms with E-state index < -0.39 is 0 Å². The van der Waals surface area contributed by atoms with Crippen LogP contribution in [0.3, 0.4) is 0 Å². The first-order chi connectivity index (χ1) is 10.2. The minimum Gasteiger partial charge on any atom is -0.497 e. The minimum atomic E-state index is -0.0743. The van der Waals surface area contributed by atoms with Gasteiger partial charge in [-0.15, -0.1) is 0 Å². The molecule has 1 aromatic heterocycles. The summed E-state index contributed by atoms with van der Waals surface area (Å²) in [5, 5.41) is 15.6. The highest BCUT2D eigenvalue weighted by atomic mass is 16.5. The van der Waals surface area contributed by atoms with Crippen LogP contribution >= 0.6 is 0 Å². The monoisotopic (exact) mass is 285 g/mol. The Morgan fingerprint density at radius 2 is 2.29 bits per heavy atom. The van der Waals surface area contributed by atoms with Gasteiger partial charge in [0.15, 0.2) is 0 Å². The summed E-state index contributed by atoms with van der Waals surface area (Å²) < 4.78 is 6.76. The van der Waals surface area contributed by atoms with Crippen LogP contribution < -0.4 is 15.8 Å². The number of anilines is 1. The number of nitrogen functional groups attached to an aromatic ring is 1. The summed E-state index contributed by atoms with van der Waals surface area (Å²) in [6, 6.07) is 7.80. The SMILES string of the molecule is COc1cccc(-c2nn(C(=N)N)c3c2CCCCN3)c1. The molecule has 21 heavy (non-hydrogen) atoms. The molecule has 0 unspecified atom stereocenters. The van der Waals surface area contributed by atoms with E-state index in [1.165, 1.54) is 4.68 Å². The first-order valence-corrected chi connectivity index (χ1v) is 7.05. The van der Waals surface area contributed by atoms with Crippen molar-refractivity contribution >= 4 is 11.8 Å². The zero-order chi connectivity index (χ0) is 14.8. The molecule has 2 heterocycles. The molecular formula is C15H19N5O. The lowest BCUT2D eigenvalue weighted by Gasteiger charge is -2.06. The predicted molar refractivity (Wildman–Crippen MR) is 83.0 cm³/mol. The Bertz CT molecular complexity index is 677. The standard InChI is InChI=1S/C15H19N5O/c1-21-11-6-4-5-10(9-11)13-12-7-2-3-8-18-14(12)20(19-13)15(16)17/h4-6,9,18H,2-3,7-8H2,1H3,(H3,16,17). The maximum atomic E-state index is 7.71. The van der Waals surface area contributed by atoms with E-state index in [0.717, 1.165) is 54.2 Å². The van der Waals surface area contributed by atoms with Gasteiger partial charge in [0.2, 0.25) is 5.96 Å². The first-order valence-electron chi connectivity index (χ1n) is 7.05. The first kappa shape index (κ1) is 13.5. The van der Waals surface area contributed by atoms with Crippen molar-refractivity contribution in [2.45, 2.75) is 19.3 Å². The molecule has 6 heteroatoms. The maximum Gasteiger partial charge on any atom is 0.215 e. The van der Waals surface area contributed by atoms with Crippen LogP contribution in [0.15, 0.2) is 24.3 Å². The molecule has 0 saturated carbocycles. The van der Waals surface area contributed by atoms with Crippen molar-refractivity contribution in [2.75, 3.05) is 19.0 Å². The molecule has 3 rings (SSSR count). The van der Waals surface area contributed by atoms with Crippen LogP contribution in [0.5, 0.6) is 5.75 Å². The van der Waals surface area contributed by atoms with Crippen molar-refractivity contribution in [2.24, 2.45) is 5.73 Å². The van der Waals surface area contributed by atoms with Crippen LogP contribution in [0.25, 0.3) is 11.3 Å². The van der Waals surface area contributed by atoms with Gasteiger partial charge in [-0.1, -0.05) is 12.1 Å². The second kappa shape index (κ2) is 5.47. The summed E-state index contributed by atoms with van der Waals surface area (Å²) in [6.07, 6.45) is 3.13. The number of nitrogens with two attached hydrogens (primary N) is 1. The van der Waals surface area contributed by atoms with E-state index in [9.17, 15) is 0 Å². The molecule has 0 spiro atoms. The van der Waals surface area contributed by atoms with E-state index in [4.69, 9.17) is 15.9 Å². The highest BCUT2D eigenvalue weighted by molar-refractivity contribution is 5.84. The molecule has 6 nitrogen and oxygen atoms in total. The Balaban J connectivity index is 2.15. The van der Waals surface area contributed by atoms with Crippen molar-refractivity contribution in [3.8, 4) is 17.0 Å².